The maximum Gasteiger partial charge on any atom is 0.374 e. The highest BCUT2D eigenvalue weighted by molar-refractivity contribution is 7.89. The number of ether oxygens (including phenoxy) is 1. The van der Waals surface area contributed by atoms with Gasteiger partial charge < -0.3 is 19.0 Å². The second-order valence-electron chi connectivity index (χ2n) is 5.34. The summed E-state index contributed by atoms with van der Waals surface area (Å²) < 4.78 is 38.7. The summed E-state index contributed by atoms with van der Waals surface area (Å²) in [6.07, 6.45) is 3.38. The zero-order chi connectivity index (χ0) is 17.3. The molecule has 0 amide bonds. The van der Waals surface area contributed by atoms with Crippen molar-refractivity contribution in [3.05, 3.63) is 36.1 Å². The van der Waals surface area contributed by atoms with E-state index in [1.54, 1.807) is 17.0 Å². The summed E-state index contributed by atoms with van der Waals surface area (Å²) in [6.45, 7) is 1.23. The van der Waals surface area contributed by atoms with Gasteiger partial charge in [0, 0.05) is 39.1 Å². The number of esters is 1. The highest BCUT2D eigenvalue weighted by atomic mass is 32.2. The van der Waals surface area contributed by atoms with E-state index < -0.39 is 22.0 Å². The van der Waals surface area contributed by atoms with Crippen molar-refractivity contribution in [1.29, 1.82) is 0 Å². The summed E-state index contributed by atoms with van der Waals surface area (Å²) in [5.74, 6) is -0.248. The van der Waals surface area contributed by atoms with Crippen LogP contribution in [0, 0.1) is 0 Å². The standard InChI is InChI=1S/C14H18N4O5S/c1-17-7-6-16-13(17)10-9-15-5-8-18(10)24(20,21)12-4-3-11(23-12)14(19)22-2/h3-4,6-7,10,15H,5,8-9H2,1-2H3. The van der Waals surface area contributed by atoms with Crippen molar-refractivity contribution in [2.75, 3.05) is 26.7 Å². The summed E-state index contributed by atoms with van der Waals surface area (Å²) in [7, 11) is -0.899. The van der Waals surface area contributed by atoms with E-state index in [0.717, 1.165) is 0 Å². The molecule has 1 atom stereocenters. The molecule has 2 aromatic heterocycles. The number of rotatable bonds is 4. The summed E-state index contributed by atoms with van der Waals surface area (Å²) in [5, 5.41) is 2.88. The number of piperazine rings is 1. The number of furan rings is 1. The fourth-order valence-electron chi connectivity index (χ4n) is 2.68. The maximum absolute atomic E-state index is 12.9. The average Bonchev–Trinajstić information content (AvgIpc) is 3.23. The van der Waals surface area contributed by atoms with Gasteiger partial charge in [-0.05, 0) is 12.1 Å². The Kier molecular flexibility index (Phi) is 4.43. The van der Waals surface area contributed by atoms with E-state index in [9.17, 15) is 13.2 Å². The first kappa shape index (κ1) is 16.7. The first-order chi connectivity index (χ1) is 11.4. The molecule has 3 rings (SSSR count). The smallest absolute Gasteiger partial charge is 0.374 e. The van der Waals surface area contributed by atoms with Gasteiger partial charge in [-0.3, -0.25) is 0 Å². The topological polar surface area (TPSA) is 107 Å². The predicted octanol–water partition coefficient (Wildman–Crippen LogP) is 0.135. The van der Waals surface area contributed by atoms with Crippen LogP contribution in [0.25, 0.3) is 0 Å². The second kappa shape index (κ2) is 6.38. The second-order valence-corrected chi connectivity index (χ2v) is 7.16. The Morgan fingerprint density at radius 3 is 2.92 bits per heavy atom. The fraction of sp³-hybridized carbons (Fsp3) is 0.429. The van der Waals surface area contributed by atoms with E-state index >= 15 is 0 Å². The Balaban J connectivity index is 1.96. The van der Waals surface area contributed by atoms with Crippen LogP contribution in [0.15, 0.2) is 34.0 Å². The lowest BCUT2D eigenvalue weighted by Crippen LogP contribution is -2.49. The molecule has 9 nitrogen and oxygen atoms in total. The zero-order valence-corrected chi connectivity index (χ0v) is 14.1. The van der Waals surface area contributed by atoms with Gasteiger partial charge in [-0.25, -0.2) is 18.2 Å². The van der Waals surface area contributed by atoms with E-state index in [4.69, 9.17) is 4.42 Å². The molecule has 1 unspecified atom stereocenters. The van der Waals surface area contributed by atoms with E-state index in [0.29, 0.717) is 18.9 Å². The molecule has 0 saturated carbocycles. The quantitative estimate of drug-likeness (QED) is 0.778. The third-order valence-corrected chi connectivity index (χ3v) is 5.66. The van der Waals surface area contributed by atoms with Crippen molar-refractivity contribution in [3.8, 4) is 0 Å². The maximum atomic E-state index is 12.9. The van der Waals surface area contributed by atoms with Crippen molar-refractivity contribution < 1.29 is 22.4 Å². The molecule has 10 heteroatoms. The molecule has 0 aliphatic carbocycles. The van der Waals surface area contributed by atoms with Crippen LogP contribution in [0.3, 0.4) is 0 Å². The Morgan fingerprint density at radius 2 is 2.25 bits per heavy atom. The Hall–Kier alpha value is -2.17. The molecule has 3 heterocycles. The minimum Gasteiger partial charge on any atom is -0.463 e. The highest BCUT2D eigenvalue weighted by Gasteiger charge is 2.38. The third-order valence-electron chi connectivity index (χ3n) is 3.88. The van der Waals surface area contributed by atoms with E-state index in [-0.39, 0.29) is 17.4 Å². The van der Waals surface area contributed by atoms with Gasteiger partial charge in [0.25, 0.3) is 10.0 Å². The number of nitrogens with zero attached hydrogens (tertiary/aromatic N) is 3. The van der Waals surface area contributed by atoms with Crippen LogP contribution in [0.2, 0.25) is 0 Å². The average molecular weight is 354 g/mol. The van der Waals surface area contributed by atoms with Crippen molar-refractivity contribution in [1.82, 2.24) is 19.2 Å². The van der Waals surface area contributed by atoms with Crippen LogP contribution in [-0.2, 0) is 21.8 Å². The Labute approximate surface area is 139 Å². The third kappa shape index (κ3) is 2.83. The number of sulfonamides is 1. The van der Waals surface area contributed by atoms with Crippen molar-refractivity contribution in [3.63, 3.8) is 0 Å². The summed E-state index contributed by atoms with van der Waals surface area (Å²) in [6, 6.07) is 2.09. The van der Waals surface area contributed by atoms with Gasteiger partial charge in [0.15, 0.2) is 0 Å². The first-order valence-corrected chi connectivity index (χ1v) is 8.77. The van der Waals surface area contributed by atoms with Crippen LogP contribution in [0.4, 0.5) is 0 Å². The molecule has 0 bridgehead atoms. The number of carbonyl (C=O) groups excluding carboxylic acids is 1. The monoisotopic (exact) mass is 354 g/mol. The minimum atomic E-state index is -3.91. The lowest BCUT2D eigenvalue weighted by molar-refractivity contribution is 0.0558. The van der Waals surface area contributed by atoms with Gasteiger partial charge >= 0.3 is 5.97 Å². The molecule has 1 aliphatic heterocycles. The lowest BCUT2D eigenvalue weighted by atomic mass is 10.2. The normalized spacial score (nSPS) is 19.3. The summed E-state index contributed by atoms with van der Waals surface area (Å²) in [5.41, 5.74) is 0. The van der Waals surface area contributed by atoms with Crippen molar-refractivity contribution in [2.24, 2.45) is 7.05 Å². The number of aryl methyl sites for hydroxylation is 1. The number of carbonyl (C=O) groups is 1. The largest absolute Gasteiger partial charge is 0.463 e. The summed E-state index contributed by atoms with van der Waals surface area (Å²) >= 11 is 0. The molecule has 1 saturated heterocycles. The van der Waals surface area contributed by atoms with Crippen molar-refractivity contribution in [2.45, 2.75) is 11.1 Å². The van der Waals surface area contributed by atoms with E-state index in [1.165, 1.54) is 23.5 Å². The molecule has 1 N–H and O–H groups in total. The van der Waals surface area contributed by atoms with Gasteiger partial charge in [-0.1, -0.05) is 0 Å². The Morgan fingerprint density at radius 1 is 1.46 bits per heavy atom. The van der Waals surface area contributed by atoms with Crippen LogP contribution < -0.4 is 5.32 Å². The molecular weight excluding hydrogens is 336 g/mol. The number of nitrogens with one attached hydrogen (secondary N) is 1. The predicted molar refractivity (Wildman–Crippen MR) is 82.8 cm³/mol. The number of hydrogen-bond donors (Lipinski definition) is 1. The number of aromatic nitrogens is 2. The molecule has 1 aliphatic rings. The van der Waals surface area contributed by atoms with Gasteiger partial charge in [0.05, 0.1) is 13.2 Å². The number of imidazole rings is 1. The molecule has 1 fully saturated rings. The van der Waals surface area contributed by atoms with Crippen LogP contribution in [-0.4, -0.2) is 55.0 Å². The molecule has 2 aromatic rings. The minimum absolute atomic E-state index is 0.153. The van der Waals surface area contributed by atoms with Crippen LogP contribution >= 0.6 is 0 Å². The number of hydrogen-bond acceptors (Lipinski definition) is 7. The van der Waals surface area contributed by atoms with Gasteiger partial charge in [0.1, 0.15) is 5.82 Å². The van der Waals surface area contributed by atoms with E-state index in [2.05, 4.69) is 15.0 Å². The van der Waals surface area contributed by atoms with E-state index in [1.807, 2.05) is 7.05 Å². The molecule has 0 spiro atoms. The van der Waals surface area contributed by atoms with Gasteiger partial charge in [0.2, 0.25) is 10.9 Å². The van der Waals surface area contributed by atoms with Gasteiger partial charge in [-0.15, -0.1) is 0 Å². The van der Waals surface area contributed by atoms with Crippen molar-refractivity contribution >= 4 is 16.0 Å². The van der Waals surface area contributed by atoms with Gasteiger partial charge in [-0.2, -0.15) is 4.31 Å². The first-order valence-electron chi connectivity index (χ1n) is 7.33. The lowest BCUT2D eigenvalue weighted by Gasteiger charge is -2.33. The van der Waals surface area contributed by atoms with Crippen LogP contribution in [0.5, 0.6) is 0 Å². The number of methoxy groups -OCH3 is 1. The zero-order valence-electron chi connectivity index (χ0n) is 13.3. The molecule has 0 radical (unpaired) electrons. The SMILES string of the molecule is COC(=O)c1ccc(S(=O)(=O)N2CCNCC2c2nccn2C)o1. The Bertz CT molecular complexity index is 841. The fourth-order valence-corrected chi connectivity index (χ4v) is 4.18. The molecule has 24 heavy (non-hydrogen) atoms. The molecular formula is C14H18N4O5S. The molecule has 0 aromatic carbocycles. The van der Waals surface area contributed by atoms with Crippen LogP contribution in [0.1, 0.15) is 22.4 Å². The molecule has 130 valence electrons. The summed E-state index contributed by atoms with van der Waals surface area (Å²) in [4.78, 5) is 15.7. The highest BCUT2D eigenvalue weighted by Crippen LogP contribution is 2.28.